The zero-order valence-electron chi connectivity index (χ0n) is 14.7. The number of carbonyl (C=O) groups excluding carboxylic acids is 1. The van der Waals surface area contributed by atoms with Gasteiger partial charge in [0.1, 0.15) is 0 Å². The summed E-state index contributed by atoms with van der Waals surface area (Å²) >= 11 is 0. The van der Waals surface area contributed by atoms with Gasteiger partial charge in [-0.3, -0.25) is 9.69 Å². The lowest BCUT2D eigenvalue weighted by molar-refractivity contribution is 0.0679. The summed E-state index contributed by atoms with van der Waals surface area (Å²) < 4.78 is 2.13. The van der Waals surface area contributed by atoms with Gasteiger partial charge in [0.15, 0.2) is 0 Å². The number of imidazole rings is 1. The summed E-state index contributed by atoms with van der Waals surface area (Å²) in [6.07, 6.45) is 10.4. The Labute approximate surface area is 149 Å². The Morgan fingerprint density at radius 2 is 2.04 bits per heavy atom. The lowest BCUT2D eigenvalue weighted by atomic mass is 10.0. The summed E-state index contributed by atoms with van der Waals surface area (Å²) in [4.78, 5) is 21.6. The van der Waals surface area contributed by atoms with Gasteiger partial charge >= 0.3 is 0 Å². The molecule has 0 unspecified atom stereocenters. The van der Waals surface area contributed by atoms with Gasteiger partial charge in [-0.25, -0.2) is 4.98 Å². The van der Waals surface area contributed by atoms with Crippen LogP contribution in [0.25, 0.3) is 0 Å². The molecule has 1 aromatic carbocycles. The maximum absolute atomic E-state index is 13.0. The molecule has 0 spiro atoms. The van der Waals surface area contributed by atoms with Crippen molar-refractivity contribution in [1.29, 1.82) is 0 Å². The molecule has 2 fully saturated rings. The molecule has 2 saturated heterocycles. The molecule has 5 heteroatoms. The molecule has 0 radical (unpaired) electrons. The fourth-order valence-electron chi connectivity index (χ4n) is 4.05. The summed E-state index contributed by atoms with van der Waals surface area (Å²) in [5, 5.41) is 0. The molecule has 0 N–H and O–H groups in total. The van der Waals surface area contributed by atoms with Gasteiger partial charge in [-0.1, -0.05) is 12.1 Å². The highest BCUT2D eigenvalue weighted by Gasteiger charge is 2.25. The highest BCUT2D eigenvalue weighted by Crippen LogP contribution is 2.23. The van der Waals surface area contributed by atoms with Crippen LogP contribution in [0.5, 0.6) is 0 Å². The highest BCUT2D eigenvalue weighted by atomic mass is 16.2. The number of carbonyl (C=O) groups is 1. The largest absolute Gasteiger partial charge is 0.337 e. The van der Waals surface area contributed by atoms with E-state index in [4.69, 9.17) is 0 Å². The van der Waals surface area contributed by atoms with Crippen LogP contribution in [-0.2, 0) is 6.54 Å². The van der Waals surface area contributed by atoms with Gasteiger partial charge in [0.05, 0.1) is 12.4 Å². The Bertz CT molecular complexity index is 706. The van der Waals surface area contributed by atoms with Crippen LogP contribution in [0.3, 0.4) is 0 Å². The first-order valence-electron chi connectivity index (χ1n) is 9.37. The van der Waals surface area contributed by atoms with E-state index in [1.807, 2.05) is 35.8 Å². The van der Waals surface area contributed by atoms with Crippen molar-refractivity contribution in [2.45, 2.75) is 38.3 Å². The minimum Gasteiger partial charge on any atom is -0.337 e. The van der Waals surface area contributed by atoms with E-state index in [9.17, 15) is 4.79 Å². The molecule has 3 heterocycles. The fraction of sp³-hybridized carbons (Fsp3) is 0.500. The van der Waals surface area contributed by atoms with E-state index in [1.54, 1.807) is 0 Å². The third-order valence-electron chi connectivity index (χ3n) is 5.41. The standard InChI is InChI=1S/C20H26N4O/c25-20(23-11-4-7-19(15-23)24-12-8-21-16-24)18-6-3-5-17(13-18)14-22-9-1-2-10-22/h3,5-6,8,12-13,16,19H,1-2,4,7,9-11,14-15H2/t19-/m0/s1. The summed E-state index contributed by atoms with van der Waals surface area (Å²) in [5.41, 5.74) is 2.07. The Hall–Kier alpha value is -2.14. The molecule has 1 aromatic heterocycles. The number of nitrogens with zero attached hydrogens (tertiary/aromatic N) is 4. The Kier molecular flexibility index (Phi) is 4.83. The maximum Gasteiger partial charge on any atom is 0.253 e. The molecule has 2 aliphatic heterocycles. The highest BCUT2D eigenvalue weighted by molar-refractivity contribution is 5.94. The Morgan fingerprint density at radius 3 is 2.84 bits per heavy atom. The first-order chi connectivity index (χ1) is 12.3. The second kappa shape index (κ2) is 7.40. The van der Waals surface area contributed by atoms with Gasteiger partial charge in [-0.05, 0) is 56.5 Å². The Balaban J connectivity index is 1.44. The number of benzene rings is 1. The van der Waals surface area contributed by atoms with Crippen LogP contribution < -0.4 is 0 Å². The number of amides is 1. The van der Waals surface area contributed by atoms with Crippen LogP contribution >= 0.6 is 0 Å². The van der Waals surface area contributed by atoms with Crippen molar-refractivity contribution < 1.29 is 4.79 Å². The van der Waals surface area contributed by atoms with Crippen LogP contribution in [0, 0.1) is 0 Å². The number of aromatic nitrogens is 2. The van der Waals surface area contributed by atoms with Crippen molar-refractivity contribution in [3.8, 4) is 0 Å². The SMILES string of the molecule is O=C(c1cccc(CN2CCCC2)c1)N1CCC[C@H](n2ccnc2)C1. The van der Waals surface area contributed by atoms with E-state index in [2.05, 4.69) is 26.6 Å². The van der Waals surface area contributed by atoms with E-state index >= 15 is 0 Å². The molecule has 25 heavy (non-hydrogen) atoms. The smallest absolute Gasteiger partial charge is 0.253 e. The zero-order chi connectivity index (χ0) is 17.1. The molecule has 5 nitrogen and oxygen atoms in total. The molecular weight excluding hydrogens is 312 g/mol. The maximum atomic E-state index is 13.0. The normalized spacial score (nSPS) is 21.6. The zero-order valence-corrected chi connectivity index (χ0v) is 14.7. The number of rotatable bonds is 4. The number of piperidine rings is 1. The van der Waals surface area contributed by atoms with Gasteiger partial charge in [-0.2, -0.15) is 0 Å². The van der Waals surface area contributed by atoms with E-state index in [-0.39, 0.29) is 5.91 Å². The van der Waals surface area contributed by atoms with Gasteiger partial charge in [0.25, 0.3) is 5.91 Å². The molecule has 2 aliphatic rings. The van der Waals surface area contributed by atoms with E-state index in [1.165, 1.54) is 31.5 Å². The topological polar surface area (TPSA) is 41.4 Å². The summed E-state index contributed by atoms with van der Waals surface area (Å²) in [6.45, 7) is 4.93. The predicted molar refractivity (Wildman–Crippen MR) is 97.4 cm³/mol. The van der Waals surface area contributed by atoms with Crippen molar-refractivity contribution in [1.82, 2.24) is 19.4 Å². The molecule has 1 amide bonds. The average molecular weight is 338 g/mol. The molecule has 0 bridgehead atoms. The van der Waals surface area contributed by atoms with Crippen LogP contribution in [-0.4, -0.2) is 51.4 Å². The third-order valence-corrected chi connectivity index (χ3v) is 5.41. The van der Waals surface area contributed by atoms with Crippen molar-refractivity contribution >= 4 is 5.91 Å². The molecule has 0 saturated carbocycles. The lowest BCUT2D eigenvalue weighted by Crippen LogP contribution is -2.40. The van der Waals surface area contributed by atoms with Crippen LogP contribution in [0.1, 0.15) is 47.6 Å². The number of likely N-dealkylation sites (tertiary alicyclic amines) is 2. The lowest BCUT2D eigenvalue weighted by Gasteiger charge is -2.33. The minimum atomic E-state index is 0.160. The van der Waals surface area contributed by atoms with Crippen molar-refractivity contribution in [3.63, 3.8) is 0 Å². The summed E-state index contributed by atoms with van der Waals surface area (Å²) in [6, 6.07) is 8.54. The monoisotopic (exact) mass is 338 g/mol. The van der Waals surface area contributed by atoms with Crippen molar-refractivity contribution in [2.75, 3.05) is 26.2 Å². The summed E-state index contributed by atoms with van der Waals surface area (Å²) in [5.74, 6) is 0.160. The fourth-order valence-corrected chi connectivity index (χ4v) is 4.05. The molecule has 2 aromatic rings. The van der Waals surface area contributed by atoms with Gasteiger partial charge in [0, 0.05) is 37.6 Å². The van der Waals surface area contributed by atoms with Crippen LogP contribution in [0.2, 0.25) is 0 Å². The van der Waals surface area contributed by atoms with Gasteiger partial charge in [0.2, 0.25) is 0 Å². The van der Waals surface area contributed by atoms with Gasteiger partial charge < -0.3 is 9.47 Å². The minimum absolute atomic E-state index is 0.160. The second-order valence-electron chi connectivity index (χ2n) is 7.24. The van der Waals surface area contributed by atoms with E-state index in [0.717, 1.165) is 38.0 Å². The number of hydrogen-bond donors (Lipinski definition) is 0. The first kappa shape index (κ1) is 16.3. The molecule has 4 rings (SSSR count). The van der Waals surface area contributed by atoms with Crippen molar-refractivity contribution in [3.05, 3.63) is 54.1 Å². The molecular formula is C20H26N4O. The van der Waals surface area contributed by atoms with Gasteiger partial charge in [-0.15, -0.1) is 0 Å². The summed E-state index contributed by atoms with van der Waals surface area (Å²) in [7, 11) is 0. The van der Waals surface area contributed by atoms with Crippen LogP contribution in [0.4, 0.5) is 0 Å². The van der Waals surface area contributed by atoms with E-state index < -0.39 is 0 Å². The van der Waals surface area contributed by atoms with E-state index in [0.29, 0.717) is 6.04 Å². The third kappa shape index (κ3) is 3.76. The second-order valence-corrected chi connectivity index (χ2v) is 7.24. The first-order valence-corrected chi connectivity index (χ1v) is 9.37. The Morgan fingerprint density at radius 1 is 1.16 bits per heavy atom. The number of hydrogen-bond acceptors (Lipinski definition) is 3. The average Bonchev–Trinajstić information content (AvgIpc) is 3.35. The quantitative estimate of drug-likeness (QED) is 0.861. The predicted octanol–water partition coefficient (Wildman–Crippen LogP) is 2.96. The molecule has 0 aliphatic carbocycles. The molecule has 132 valence electrons. The molecule has 1 atom stereocenters. The van der Waals surface area contributed by atoms with Crippen molar-refractivity contribution in [2.24, 2.45) is 0 Å². The van der Waals surface area contributed by atoms with Crippen LogP contribution in [0.15, 0.2) is 43.0 Å².